The second-order valence-corrected chi connectivity index (χ2v) is 15.7. The highest BCUT2D eigenvalue weighted by Crippen LogP contribution is 2.47. The van der Waals surface area contributed by atoms with Crippen LogP contribution in [0.1, 0.15) is 73.7 Å². The van der Waals surface area contributed by atoms with Gasteiger partial charge in [0.2, 0.25) is 0 Å². The predicted molar refractivity (Wildman–Crippen MR) is 260 cm³/mol. The monoisotopic (exact) mass is 789 g/mol. The van der Waals surface area contributed by atoms with Gasteiger partial charge < -0.3 is 4.57 Å². The van der Waals surface area contributed by atoms with Gasteiger partial charge in [-0.05, 0) is 64.8 Å². The molecule has 7 aromatic rings. The molecule has 10 rings (SSSR count). The molecule has 3 aliphatic carbocycles. The van der Waals surface area contributed by atoms with Crippen LogP contribution in [0.3, 0.4) is 0 Å². The molecule has 0 fully saturated rings. The van der Waals surface area contributed by atoms with Crippen LogP contribution >= 0.6 is 0 Å². The van der Waals surface area contributed by atoms with Crippen LogP contribution in [0.2, 0.25) is 0 Å². The number of aromatic nitrogens is 3. The molecule has 0 radical (unpaired) electrons. The highest BCUT2D eigenvalue weighted by atomic mass is 15.0. The summed E-state index contributed by atoms with van der Waals surface area (Å²) in [6.45, 7) is 12.7. The van der Waals surface area contributed by atoms with E-state index in [4.69, 9.17) is 9.97 Å². The van der Waals surface area contributed by atoms with Crippen molar-refractivity contribution in [2.75, 3.05) is 0 Å². The van der Waals surface area contributed by atoms with Gasteiger partial charge in [0.1, 0.15) is 0 Å². The summed E-state index contributed by atoms with van der Waals surface area (Å²) >= 11 is 0. The molecule has 2 heterocycles. The summed E-state index contributed by atoms with van der Waals surface area (Å²) in [4.78, 5) is 10.7. The SMILES string of the molecule is C=Cc1c(/C(=C\C)c2cccc(-c3cccc4c3-c3nc(-c5ccccc5)nc(-c5ccc(C6=CC=CC(C)C=C6)cc5)c3C4)c2)n(C2C=CC=CC2)c2ccccc12.CC. The third-order valence-corrected chi connectivity index (χ3v) is 12.0. The minimum atomic E-state index is 0.205. The van der Waals surface area contributed by atoms with Crippen LogP contribution in [0.25, 0.3) is 73.2 Å². The fourth-order valence-corrected chi connectivity index (χ4v) is 9.16. The molecule has 0 saturated carbocycles. The fourth-order valence-electron chi connectivity index (χ4n) is 9.16. The van der Waals surface area contributed by atoms with Crippen molar-refractivity contribution >= 4 is 28.1 Å². The number of nitrogens with zero attached hydrogens (tertiary/aromatic N) is 3. The Kier molecular flexibility index (Phi) is 11.1. The molecule has 3 nitrogen and oxygen atoms in total. The normalized spacial score (nSPS) is 16.4. The summed E-state index contributed by atoms with van der Waals surface area (Å²) in [6.07, 6.45) is 26.0. The molecular formula is C58H51N3. The number of hydrogen-bond donors (Lipinski definition) is 0. The third-order valence-electron chi connectivity index (χ3n) is 12.0. The Morgan fingerprint density at radius 1 is 0.721 bits per heavy atom. The maximum atomic E-state index is 5.40. The van der Waals surface area contributed by atoms with Gasteiger partial charge in [0.15, 0.2) is 5.82 Å². The Hall–Kier alpha value is -7.10. The van der Waals surface area contributed by atoms with Crippen molar-refractivity contribution in [3.05, 3.63) is 222 Å². The van der Waals surface area contributed by atoms with Crippen molar-refractivity contribution in [1.82, 2.24) is 14.5 Å². The van der Waals surface area contributed by atoms with Crippen molar-refractivity contribution in [2.45, 2.75) is 46.6 Å². The fraction of sp³-hybridized carbons (Fsp3) is 0.138. The van der Waals surface area contributed by atoms with Crippen molar-refractivity contribution < 1.29 is 0 Å². The van der Waals surface area contributed by atoms with Crippen LogP contribution in [0.15, 0.2) is 189 Å². The highest BCUT2D eigenvalue weighted by molar-refractivity contribution is 5.99. The summed E-state index contributed by atoms with van der Waals surface area (Å²) in [6, 6.07) is 44.0. The number of benzene rings is 5. The van der Waals surface area contributed by atoms with Gasteiger partial charge in [-0.15, -0.1) is 0 Å². The maximum Gasteiger partial charge on any atom is 0.160 e. The Morgan fingerprint density at radius 3 is 2.26 bits per heavy atom. The van der Waals surface area contributed by atoms with Gasteiger partial charge >= 0.3 is 0 Å². The van der Waals surface area contributed by atoms with Crippen molar-refractivity contribution in [3.63, 3.8) is 0 Å². The summed E-state index contributed by atoms with van der Waals surface area (Å²) in [5.74, 6) is 1.16. The number of fused-ring (bicyclic) bond motifs is 4. The molecule has 3 aliphatic rings. The van der Waals surface area contributed by atoms with E-state index < -0.39 is 0 Å². The Morgan fingerprint density at radius 2 is 1.48 bits per heavy atom. The first kappa shape index (κ1) is 39.4. The summed E-state index contributed by atoms with van der Waals surface area (Å²) < 4.78 is 2.52. The van der Waals surface area contributed by atoms with E-state index in [0.29, 0.717) is 5.92 Å². The maximum absolute atomic E-state index is 5.40. The number of rotatable bonds is 8. The van der Waals surface area contributed by atoms with Crippen LogP contribution in [0.5, 0.6) is 0 Å². The molecule has 0 N–H and O–H groups in total. The van der Waals surface area contributed by atoms with E-state index in [1.54, 1.807) is 0 Å². The van der Waals surface area contributed by atoms with Gasteiger partial charge in [-0.2, -0.15) is 0 Å². The predicted octanol–water partition coefficient (Wildman–Crippen LogP) is 15.3. The first-order chi connectivity index (χ1) is 30.1. The number of allylic oxidation sites excluding steroid dienone is 11. The van der Waals surface area contributed by atoms with Crippen molar-refractivity contribution in [3.8, 4) is 45.0 Å². The Labute approximate surface area is 360 Å². The van der Waals surface area contributed by atoms with E-state index in [-0.39, 0.29) is 6.04 Å². The van der Waals surface area contributed by atoms with E-state index >= 15 is 0 Å². The van der Waals surface area contributed by atoms with Gasteiger partial charge in [0, 0.05) is 50.7 Å². The van der Waals surface area contributed by atoms with Crippen molar-refractivity contribution in [1.29, 1.82) is 0 Å². The molecule has 0 aliphatic heterocycles. The lowest BCUT2D eigenvalue weighted by molar-refractivity contribution is 0.623. The zero-order valence-electron chi connectivity index (χ0n) is 35.5. The average molecular weight is 790 g/mol. The molecule has 0 saturated heterocycles. The third kappa shape index (κ3) is 7.31. The van der Waals surface area contributed by atoms with Crippen LogP contribution in [0.4, 0.5) is 0 Å². The summed E-state index contributed by atoms with van der Waals surface area (Å²) in [5, 5.41) is 1.22. The average Bonchev–Trinajstić information content (AvgIpc) is 3.78. The lowest BCUT2D eigenvalue weighted by atomic mass is 9.91. The van der Waals surface area contributed by atoms with Gasteiger partial charge in [0.05, 0.1) is 23.1 Å². The molecule has 298 valence electrons. The number of hydrogen-bond acceptors (Lipinski definition) is 2. The Bertz CT molecular complexity index is 2960. The second kappa shape index (κ2) is 17.2. The lowest BCUT2D eigenvalue weighted by Gasteiger charge is -2.23. The van der Waals surface area contributed by atoms with E-state index in [2.05, 4.69) is 201 Å². The van der Waals surface area contributed by atoms with Gasteiger partial charge in [-0.1, -0.05) is 203 Å². The topological polar surface area (TPSA) is 30.7 Å². The molecule has 0 amide bonds. The van der Waals surface area contributed by atoms with Gasteiger partial charge in [0.25, 0.3) is 0 Å². The summed E-state index contributed by atoms with van der Waals surface area (Å²) in [5.41, 5.74) is 18.4. The zero-order chi connectivity index (χ0) is 41.9. The zero-order valence-corrected chi connectivity index (χ0v) is 35.5. The molecular weight excluding hydrogens is 739 g/mol. The molecule has 0 spiro atoms. The molecule has 0 bridgehead atoms. The molecule has 2 aromatic heterocycles. The van der Waals surface area contributed by atoms with Crippen LogP contribution in [-0.4, -0.2) is 14.5 Å². The minimum absolute atomic E-state index is 0.205. The van der Waals surface area contributed by atoms with Crippen LogP contribution < -0.4 is 0 Å². The first-order valence-corrected chi connectivity index (χ1v) is 21.7. The Balaban J connectivity index is 0.00000235. The number of para-hydroxylation sites is 1. The van der Waals surface area contributed by atoms with Gasteiger partial charge in [-0.25, -0.2) is 9.97 Å². The van der Waals surface area contributed by atoms with E-state index in [1.165, 1.54) is 61.1 Å². The molecule has 2 atom stereocenters. The van der Waals surface area contributed by atoms with Crippen LogP contribution in [0, 0.1) is 5.92 Å². The standard InChI is InChI=1S/C56H45N3.C2H6/c1-4-46(55-47(5-2)49-26-12-13-28-51(49)59(55)45-24-10-7-11-25-45)42-21-15-22-43(35-42)48-27-16-23-44-36-50-53(57-56(58-54(50)52(44)48)41-18-8-6-9-19-41)40-33-31-39(32-34-40)38-20-14-17-37(3)29-30-38;1-2/h4-24,26-35,37,45H,2,25,36H2,1,3H3;1-2H3/b46-4-;. The molecule has 5 aromatic carbocycles. The lowest BCUT2D eigenvalue weighted by Crippen LogP contribution is -2.11. The highest BCUT2D eigenvalue weighted by Gasteiger charge is 2.29. The molecule has 2 unspecified atom stereocenters. The smallest absolute Gasteiger partial charge is 0.160 e. The van der Waals surface area contributed by atoms with E-state index in [9.17, 15) is 0 Å². The second-order valence-electron chi connectivity index (χ2n) is 15.7. The van der Waals surface area contributed by atoms with E-state index in [1.807, 2.05) is 26.0 Å². The molecule has 61 heavy (non-hydrogen) atoms. The minimum Gasteiger partial charge on any atom is -0.333 e. The van der Waals surface area contributed by atoms with Gasteiger partial charge in [-0.3, -0.25) is 0 Å². The first-order valence-electron chi connectivity index (χ1n) is 21.7. The van der Waals surface area contributed by atoms with E-state index in [0.717, 1.165) is 52.3 Å². The largest absolute Gasteiger partial charge is 0.333 e. The van der Waals surface area contributed by atoms with Crippen molar-refractivity contribution in [2.24, 2.45) is 5.92 Å². The van der Waals surface area contributed by atoms with Crippen LogP contribution in [-0.2, 0) is 6.42 Å². The summed E-state index contributed by atoms with van der Waals surface area (Å²) in [7, 11) is 0. The quantitative estimate of drug-likeness (QED) is 0.153. The molecule has 3 heteroatoms.